The van der Waals surface area contributed by atoms with E-state index in [1.807, 2.05) is 91.3 Å². The smallest absolute Gasteiger partial charge is 0.175 e. The molecule has 1 aliphatic heterocycles. The highest BCUT2D eigenvalue weighted by Gasteiger charge is 2.40. The van der Waals surface area contributed by atoms with E-state index >= 15 is 4.57 Å². The number of aromatic nitrogens is 4. The van der Waals surface area contributed by atoms with Gasteiger partial charge in [0.2, 0.25) is 0 Å². The Morgan fingerprint density at radius 2 is 0.881 bits per heavy atom. The molecular formula is C52H34N5OP. The second kappa shape index (κ2) is 13.0. The molecular weight excluding hydrogens is 742 g/mol. The molecule has 5 heterocycles. The third-order valence-electron chi connectivity index (χ3n) is 11.8. The fourth-order valence-electron chi connectivity index (χ4n) is 9.25. The van der Waals surface area contributed by atoms with Crippen LogP contribution < -0.4 is 20.8 Å². The van der Waals surface area contributed by atoms with E-state index in [2.05, 4.69) is 129 Å². The maximum absolute atomic E-state index is 15.6. The van der Waals surface area contributed by atoms with Crippen molar-refractivity contribution in [3.8, 4) is 22.5 Å². The van der Waals surface area contributed by atoms with Crippen molar-refractivity contribution in [1.29, 1.82) is 0 Å². The molecule has 0 aliphatic carbocycles. The maximum atomic E-state index is 15.6. The first-order valence-electron chi connectivity index (χ1n) is 19.8. The van der Waals surface area contributed by atoms with Crippen LogP contribution in [0.1, 0.15) is 0 Å². The summed E-state index contributed by atoms with van der Waals surface area (Å²) < 4.78 is 20.1. The van der Waals surface area contributed by atoms with Crippen LogP contribution in [-0.4, -0.2) is 19.1 Å². The van der Waals surface area contributed by atoms with Gasteiger partial charge in [0.15, 0.2) is 7.14 Å². The zero-order valence-corrected chi connectivity index (χ0v) is 32.6. The minimum Gasteiger partial charge on any atom is -0.309 e. The Hall–Kier alpha value is -7.53. The van der Waals surface area contributed by atoms with Gasteiger partial charge in [-0.15, -0.1) is 0 Å². The van der Waals surface area contributed by atoms with Gasteiger partial charge in [0.25, 0.3) is 0 Å². The van der Waals surface area contributed by atoms with Crippen molar-refractivity contribution in [2.24, 2.45) is 0 Å². The van der Waals surface area contributed by atoms with E-state index in [1.165, 1.54) is 0 Å². The van der Waals surface area contributed by atoms with E-state index in [1.54, 1.807) is 0 Å². The fourth-order valence-corrected chi connectivity index (χ4v) is 12.2. The van der Waals surface area contributed by atoms with E-state index in [0.29, 0.717) is 0 Å². The normalized spacial score (nSPS) is 13.3. The van der Waals surface area contributed by atoms with Gasteiger partial charge in [-0.2, -0.15) is 0 Å². The molecule has 0 amide bonds. The number of benzene rings is 7. The summed E-state index contributed by atoms with van der Waals surface area (Å²) >= 11 is 0. The Kier molecular flexibility index (Phi) is 7.40. The second-order valence-corrected chi connectivity index (χ2v) is 17.7. The van der Waals surface area contributed by atoms with Crippen LogP contribution in [0.4, 0.5) is 17.1 Å². The minimum atomic E-state index is -3.18. The van der Waals surface area contributed by atoms with Gasteiger partial charge in [-0.05, 0) is 102 Å². The van der Waals surface area contributed by atoms with Crippen LogP contribution in [0.2, 0.25) is 0 Å². The van der Waals surface area contributed by atoms with E-state index in [4.69, 9.17) is 9.97 Å². The Balaban J connectivity index is 1.11. The highest BCUT2D eigenvalue weighted by molar-refractivity contribution is 7.86. The van der Waals surface area contributed by atoms with Gasteiger partial charge in [0.05, 0.1) is 33.8 Å². The van der Waals surface area contributed by atoms with Crippen molar-refractivity contribution in [3.05, 3.63) is 207 Å². The van der Waals surface area contributed by atoms with E-state index in [9.17, 15) is 0 Å². The average molecular weight is 776 g/mol. The van der Waals surface area contributed by atoms with Crippen LogP contribution in [0.25, 0.3) is 66.4 Å². The summed E-state index contributed by atoms with van der Waals surface area (Å²) in [6, 6.07) is 67.1. The molecule has 278 valence electrons. The van der Waals surface area contributed by atoms with E-state index in [-0.39, 0.29) is 0 Å². The number of para-hydroxylation sites is 4. The number of hydrogen-bond acceptors (Lipinski definition) is 4. The lowest BCUT2D eigenvalue weighted by Crippen LogP contribution is -2.36. The molecule has 1 aliphatic rings. The Bertz CT molecular complexity index is 3220. The third-order valence-corrected chi connectivity index (χ3v) is 14.9. The number of nitrogens with zero attached hydrogens (tertiary/aromatic N) is 5. The van der Waals surface area contributed by atoms with Gasteiger partial charge < -0.3 is 9.46 Å². The predicted octanol–water partition coefficient (Wildman–Crippen LogP) is 11.8. The molecule has 0 radical (unpaired) electrons. The lowest BCUT2D eigenvalue weighted by Gasteiger charge is -2.38. The van der Waals surface area contributed by atoms with Gasteiger partial charge in [0.1, 0.15) is 11.3 Å². The zero-order valence-electron chi connectivity index (χ0n) is 31.7. The maximum Gasteiger partial charge on any atom is 0.175 e. The molecule has 0 unspecified atom stereocenters. The van der Waals surface area contributed by atoms with Gasteiger partial charge in [-0.25, -0.2) is 9.97 Å². The summed E-state index contributed by atoms with van der Waals surface area (Å²) in [6.07, 6.45) is 3.74. The Morgan fingerprint density at radius 1 is 0.390 bits per heavy atom. The Morgan fingerprint density at radius 3 is 1.47 bits per heavy atom. The van der Waals surface area contributed by atoms with E-state index in [0.717, 1.165) is 99.4 Å². The summed E-state index contributed by atoms with van der Waals surface area (Å²) in [5, 5.41) is 7.00. The van der Waals surface area contributed by atoms with Crippen LogP contribution in [0.3, 0.4) is 0 Å². The molecule has 0 saturated carbocycles. The predicted molar refractivity (Wildman–Crippen MR) is 244 cm³/mol. The van der Waals surface area contributed by atoms with Crippen molar-refractivity contribution in [2.45, 2.75) is 0 Å². The van der Waals surface area contributed by atoms with Crippen LogP contribution in [0.5, 0.6) is 0 Å². The first-order chi connectivity index (χ1) is 29.2. The zero-order chi connectivity index (χ0) is 39.1. The molecule has 0 N–H and O–H groups in total. The molecule has 7 heteroatoms. The van der Waals surface area contributed by atoms with Crippen molar-refractivity contribution in [3.63, 3.8) is 0 Å². The van der Waals surface area contributed by atoms with Crippen LogP contribution in [0, 0.1) is 0 Å². The molecule has 4 aromatic heterocycles. The topological polar surface area (TPSA) is 56.0 Å². The molecule has 59 heavy (non-hydrogen) atoms. The number of anilines is 3. The lowest BCUT2D eigenvalue weighted by molar-refractivity contribution is 0.592. The highest BCUT2D eigenvalue weighted by atomic mass is 31.2. The van der Waals surface area contributed by atoms with Crippen molar-refractivity contribution >= 4 is 84.0 Å². The first-order valence-corrected chi connectivity index (χ1v) is 21.5. The summed E-state index contributed by atoms with van der Waals surface area (Å²) in [6.45, 7) is 0. The number of hydrogen-bond donors (Lipinski definition) is 0. The highest BCUT2D eigenvalue weighted by Crippen LogP contribution is 2.54. The second-order valence-electron chi connectivity index (χ2n) is 15.0. The number of rotatable bonds is 5. The molecule has 12 rings (SSSR count). The van der Waals surface area contributed by atoms with Gasteiger partial charge in [0, 0.05) is 55.5 Å². The summed E-state index contributed by atoms with van der Waals surface area (Å²) in [5.41, 5.74) is 10.8. The quantitative estimate of drug-likeness (QED) is 0.163. The Labute approximate surface area is 340 Å². The molecule has 0 spiro atoms. The molecule has 0 saturated heterocycles. The molecule has 0 fully saturated rings. The monoisotopic (exact) mass is 775 g/mol. The fraction of sp³-hybridized carbons (Fsp3) is 0. The SMILES string of the molecule is O=P1(c2ccccc2)c2ccccc2N(c2cccc(-c3cc(-n4c5ccccc5c5cccnc54)cc(-n4c5ccccc5c5cccnc54)c3)c2)c2ccccc21. The third kappa shape index (κ3) is 4.97. The van der Waals surface area contributed by atoms with E-state index < -0.39 is 7.14 Å². The largest absolute Gasteiger partial charge is 0.309 e. The molecule has 0 bridgehead atoms. The molecule has 6 nitrogen and oxygen atoms in total. The number of fused-ring (bicyclic) bond motifs is 8. The molecule has 11 aromatic rings. The van der Waals surface area contributed by atoms with Crippen LogP contribution >= 0.6 is 7.14 Å². The number of pyridine rings is 2. The minimum absolute atomic E-state index is 0.830. The van der Waals surface area contributed by atoms with Crippen molar-refractivity contribution in [2.75, 3.05) is 4.90 Å². The van der Waals surface area contributed by atoms with Crippen LogP contribution in [0.15, 0.2) is 207 Å². The molecule has 7 aromatic carbocycles. The lowest BCUT2D eigenvalue weighted by atomic mass is 10.0. The van der Waals surface area contributed by atoms with Gasteiger partial charge >= 0.3 is 0 Å². The summed E-state index contributed by atoms with van der Waals surface area (Å²) in [4.78, 5) is 12.2. The average Bonchev–Trinajstić information content (AvgIpc) is 3.83. The molecule has 0 atom stereocenters. The summed E-state index contributed by atoms with van der Waals surface area (Å²) in [7, 11) is -3.18. The van der Waals surface area contributed by atoms with Gasteiger partial charge in [-0.1, -0.05) is 103 Å². The standard InChI is InChI=1S/C52H34N5OP/c58-59(40-17-2-1-3-18-40)49-27-10-8-25-47(49)55(48-26-9-11-28-50(48)59)37-16-12-15-35(31-37)36-32-38(56-45-23-6-4-19-41(45)43-21-13-29-53-51(43)56)34-39(33-36)57-46-24-7-5-20-42(46)44-22-14-30-54-52(44)57/h1-34H. The van der Waals surface area contributed by atoms with Crippen molar-refractivity contribution < 1.29 is 4.57 Å². The summed E-state index contributed by atoms with van der Waals surface area (Å²) in [5.74, 6) is 0. The first kappa shape index (κ1) is 33.6. The van der Waals surface area contributed by atoms with Gasteiger partial charge in [-0.3, -0.25) is 9.13 Å². The van der Waals surface area contributed by atoms with Crippen molar-refractivity contribution in [1.82, 2.24) is 19.1 Å². The van der Waals surface area contributed by atoms with Crippen LogP contribution in [-0.2, 0) is 4.57 Å².